The monoisotopic (exact) mass is 399 g/mol. The minimum absolute atomic E-state index is 0. The zero-order chi connectivity index (χ0) is 18.9. The SMILES string of the molecule is CCCCCCCCCCCC(Cc1ccccc1)[NH+](CCO)CCO.[Cl-]. The number of hydrogen-bond donors (Lipinski definition) is 3. The van der Waals surface area contributed by atoms with Crippen LogP contribution < -0.4 is 17.3 Å². The van der Waals surface area contributed by atoms with Crippen molar-refractivity contribution in [2.45, 2.75) is 83.6 Å². The van der Waals surface area contributed by atoms with Gasteiger partial charge in [0.05, 0.1) is 19.3 Å². The number of aliphatic hydroxyl groups excluding tert-OH is 2. The molecule has 0 spiro atoms. The summed E-state index contributed by atoms with van der Waals surface area (Å²) in [5.41, 5.74) is 1.36. The van der Waals surface area contributed by atoms with Gasteiger partial charge in [0.1, 0.15) is 13.1 Å². The number of nitrogens with one attached hydrogen (secondary N) is 1. The lowest BCUT2D eigenvalue weighted by Gasteiger charge is -2.28. The van der Waals surface area contributed by atoms with Crippen molar-refractivity contribution in [3.05, 3.63) is 35.9 Å². The fraction of sp³-hybridized carbons (Fsp3) is 0.739. The summed E-state index contributed by atoms with van der Waals surface area (Å²) in [6, 6.07) is 11.1. The second kappa shape index (κ2) is 18.7. The van der Waals surface area contributed by atoms with Gasteiger partial charge >= 0.3 is 0 Å². The van der Waals surface area contributed by atoms with Gasteiger partial charge in [0, 0.05) is 6.42 Å². The van der Waals surface area contributed by atoms with Crippen LogP contribution in [0.25, 0.3) is 0 Å². The van der Waals surface area contributed by atoms with Crippen LogP contribution in [-0.4, -0.2) is 42.6 Å². The summed E-state index contributed by atoms with van der Waals surface area (Å²) < 4.78 is 0. The van der Waals surface area contributed by atoms with Gasteiger partial charge in [-0.3, -0.25) is 0 Å². The van der Waals surface area contributed by atoms with Crippen LogP contribution in [0, 0.1) is 0 Å². The molecule has 3 N–H and O–H groups in total. The van der Waals surface area contributed by atoms with Crippen LogP contribution in [0.1, 0.15) is 76.7 Å². The second-order valence-corrected chi connectivity index (χ2v) is 7.61. The third kappa shape index (κ3) is 13.2. The number of rotatable bonds is 17. The van der Waals surface area contributed by atoms with Crippen molar-refractivity contribution in [1.29, 1.82) is 0 Å². The molecule has 0 amide bonds. The van der Waals surface area contributed by atoms with Gasteiger partial charge in [-0.25, -0.2) is 0 Å². The lowest BCUT2D eigenvalue weighted by atomic mass is 9.98. The number of hydrogen-bond acceptors (Lipinski definition) is 2. The van der Waals surface area contributed by atoms with E-state index in [1.807, 2.05) is 0 Å². The zero-order valence-electron chi connectivity index (χ0n) is 17.3. The molecule has 0 saturated carbocycles. The number of aliphatic hydroxyl groups is 2. The van der Waals surface area contributed by atoms with Crippen molar-refractivity contribution in [3.63, 3.8) is 0 Å². The summed E-state index contributed by atoms with van der Waals surface area (Å²) in [6.45, 7) is 4.12. The van der Waals surface area contributed by atoms with E-state index in [1.165, 1.54) is 74.7 Å². The molecule has 0 aromatic heterocycles. The van der Waals surface area contributed by atoms with Gasteiger partial charge in [-0.05, 0) is 18.4 Å². The van der Waals surface area contributed by atoms with Gasteiger partial charge in [-0.1, -0.05) is 88.6 Å². The predicted molar refractivity (Wildman–Crippen MR) is 111 cm³/mol. The first-order chi connectivity index (χ1) is 12.8. The number of halogens is 1. The highest BCUT2D eigenvalue weighted by Gasteiger charge is 2.21. The van der Waals surface area contributed by atoms with Crippen LogP contribution >= 0.6 is 0 Å². The molecule has 0 aliphatic heterocycles. The van der Waals surface area contributed by atoms with Gasteiger partial charge in [0.15, 0.2) is 0 Å². The molecule has 0 radical (unpaired) electrons. The lowest BCUT2D eigenvalue weighted by molar-refractivity contribution is -0.926. The Morgan fingerprint density at radius 1 is 0.778 bits per heavy atom. The quantitative estimate of drug-likeness (QED) is 0.332. The molecule has 0 heterocycles. The summed E-state index contributed by atoms with van der Waals surface area (Å²) >= 11 is 0. The van der Waals surface area contributed by atoms with Crippen molar-refractivity contribution in [2.24, 2.45) is 0 Å². The van der Waals surface area contributed by atoms with E-state index in [-0.39, 0.29) is 25.6 Å². The highest BCUT2D eigenvalue weighted by molar-refractivity contribution is 5.15. The van der Waals surface area contributed by atoms with Gasteiger partial charge in [0.2, 0.25) is 0 Å². The summed E-state index contributed by atoms with van der Waals surface area (Å²) in [4.78, 5) is 1.35. The molecule has 158 valence electrons. The average molecular weight is 400 g/mol. The Morgan fingerprint density at radius 2 is 1.30 bits per heavy atom. The molecular formula is C23H42ClNO2. The summed E-state index contributed by atoms with van der Waals surface area (Å²) in [6.07, 6.45) is 14.4. The van der Waals surface area contributed by atoms with E-state index in [2.05, 4.69) is 37.3 Å². The van der Waals surface area contributed by atoms with E-state index >= 15 is 0 Å². The van der Waals surface area contributed by atoms with Gasteiger partial charge < -0.3 is 27.5 Å². The van der Waals surface area contributed by atoms with Crippen molar-refractivity contribution in [2.75, 3.05) is 26.3 Å². The highest BCUT2D eigenvalue weighted by Crippen LogP contribution is 2.12. The Balaban J connectivity index is 0.00000676. The molecule has 3 nitrogen and oxygen atoms in total. The molecule has 1 aromatic carbocycles. The number of benzene rings is 1. The first-order valence-electron chi connectivity index (χ1n) is 10.9. The summed E-state index contributed by atoms with van der Waals surface area (Å²) in [5.74, 6) is 0. The van der Waals surface area contributed by atoms with E-state index in [0.29, 0.717) is 6.04 Å². The minimum atomic E-state index is 0. The predicted octanol–water partition coefficient (Wildman–Crippen LogP) is 0.392. The molecule has 4 heteroatoms. The zero-order valence-corrected chi connectivity index (χ0v) is 18.1. The molecule has 1 atom stereocenters. The van der Waals surface area contributed by atoms with E-state index in [1.54, 1.807) is 0 Å². The maximum atomic E-state index is 9.41. The normalized spacial score (nSPS) is 12.1. The molecule has 0 bridgehead atoms. The van der Waals surface area contributed by atoms with Crippen molar-refractivity contribution >= 4 is 0 Å². The lowest BCUT2D eigenvalue weighted by Crippen LogP contribution is -3.17. The Kier molecular flexibility index (Phi) is 18.3. The van der Waals surface area contributed by atoms with E-state index in [4.69, 9.17) is 0 Å². The molecule has 0 aliphatic rings. The van der Waals surface area contributed by atoms with Gasteiger partial charge in [0.25, 0.3) is 0 Å². The Labute approximate surface area is 173 Å². The minimum Gasteiger partial charge on any atom is -1.00 e. The highest BCUT2D eigenvalue weighted by atomic mass is 35.5. The molecule has 0 aliphatic carbocycles. The summed E-state index contributed by atoms with van der Waals surface area (Å²) in [7, 11) is 0. The second-order valence-electron chi connectivity index (χ2n) is 7.61. The van der Waals surface area contributed by atoms with Crippen LogP contribution in [0.15, 0.2) is 30.3 Å². The molecule has 1 unspecified atom stereocenters. The Bertz CT molecular complexity index is 410. The molecule has 1 rings (SSSR count). The fourth-order valence-electron chi connectivity index (χ4n) is 3.87. The molecule has 0 fully saturated rings. The summed E-state index contributed by atoms with van der Waals surface area (Å²) in [5, 5.41) is 18.8. The third-order valence-corrected chi connectivity index (χ3v) is 5.42. The smallest absolute Gasteiger partial charge is 0.101 e. The number of unbranched alkanes of at least 4 members (excludes halogenated alkanes) is 8. The first kappa shape index (κ1) is 26.4. The topological polar surface area (TPSA) is 44.9 Å². The average Bonchev–Trinajstić information content (AvgIpc) is 2.66. The largest absolute Gasteiger partial charge is 1.00 e. The van der Waals surface area contributed by atoms with Crippen LogP contribution in [0.5, 0.6) is 0 Å². The van der Waals surface area contributed by atoms with Crippen molar-refractivity contribution < 1.29 is 27.5 Å². The van der Waals surface area contributed by atoms with Crippen LogP contribution in [-0.2, 0) is 6.42 Å². The third-order valence-electron chi connectivity index (χ3n) is 5.42. The first-order valence-corrected chi connectivity index (χ1v) is 10.9. The van der Waals surface area contributed by atoms with E-state index < -0.39 is 0 Å². The van der Waals surface area contributed by atoms with Gasteiger partial charge in [-0.2, -0.15) is 0 Å². The standard InChI is InChI=1S/C23H41NO2.ClH/c1-2-3-4-5-6-7-8-9-13-16-23(24(17-19-25)18-20-26)21-22-14-11-10-12-15-22;/h10-12,14-15,23,25-26H,2-9,13,16-21H2,1H3;1H. The molecular weight excluding hydrogens is 358 g/mol. The fourth-order valence-corrected chi connectivity index (χ4v) is 3.87. The Morgan fingerprint density at radius 3 is 1.81 bits per heavy atom. The Hall–Kier alpha value is -0.610. The molecule has 27 heavy (non-hydrogen) atoms. The van der Waals surface area contributed by atoms with Gasteiger partial charge in [-0.15, -0.1) is 0 Å². The van der Waals surface area contributed by atoms with E-state index in [0.717, 1.165) is 19.5 Å². The molecule has 0 saturated heterocycles. The van der Waals surface area contributed by atoms with E-state index in [9.17, 15) is 10.2 Å². The van der Waals surface area contributed by atoms with Crippen LogP contribution in [0.3, 0.4) is 0 Å². The van der Waals surface area contributed by atoms with Crippen molar-refractivity contribution in [3.8, 4) is 0 Å². The van der Waals surface area contributed by atoms with Crippen molar-refractivity contribution in [1.82, 2.24) is 0 Å². The van der Waals surface area contributed by atoms with Crippen LogP contribution in [0.4, 0.5) is 0 Å². The molecule has 1 aromatic rings. The maximum Gasteiger partial charge on any atom is 0.101 e. The van der Waals surface area contributed by atoms with Crippen LogP contribution in [0.2, 0.25) is 0 Å². The number of quaternary nitrogens is 1. The maximum absolute atomic E-state index is 9.41.